The van der Waals surface area contributed by atoms with Gasteiger partial charge in [0.25, 0.3) is 0 Å². The summed E-state index contributed by atoms with van der Waals surface area (Å²) in [6.07, 6.45) is 3.47. The number of hydrogen-bond donors (Lipinski definition) is 0. The Hall–Kier alpha value is -0.710. The molecule has 96 valence electrons. The molecule has 0 aromatic carbocycles. The smallest absolute Gasteiger partial charge is 0.162 e. The van der Waals surface area contributed by atoms with Gasteiger partial charge >= 0.3 is 0 Å². The molecular formula is C13H15ClN2OS. The number of ether oxygens (including phenoxy) is 1. The second-order valence-electron chi connectivity index (χ2n) is 5.09. The zero-order chi connectivity index (χ0) is 12.9. The van der Waals surface area contributed by atoms with Gasteiger partial charge in [-0.15, -0.1) is 11.3 Å². The van der Waals surface area contributed by atoms with E-state index in [2.05, 4.69) is 9.97 Å². The van der Waals surface area contributed by atoms with Gasteiger partial charge in [-0.05, 0) is 38.7 Å². The molecule has 0 spiro atoms. The van der Waals surface area contributed by atoms with E-state index in [0.29, 0.717) is 11.0 Å². The van der Waals surface area contributed by atoms with E-state index in [1.54, 1.807) is 18.4 Å². The van der Waals surface area contributed by atoms with E-state index in [-0.39, 0.29) is 0 Å². The first-order chi connectivity index (χ1) is 8.53. The average molecular weight is 283 g/mol. The maximum Gasteiger partial charge on any atom is 0.162 e. The Balaban J connectivity index is 2.24. The molecule has 2 heterocycles. The molecule has 0 bridgehead atoms. The predicted octanol–water partition coefficient (Wildman–Crippen LogP) is 3.71. The highest BCUT2D eigenvalue weighted by atomic mass is 35.5. The van der Waals surface area contributed by atoms with Gasteiger partial charge in [0, 0.05) is 12.0 Å². The van der Waals surface area contributed by atoms with Gasteiger partial charge in [0.15, 0.2) is 5.82 Å². The van der Waals surface area contributed by atoms with Crippen molar-refractivity contribution in [1.29, 1.82) is 0 Å². The van der Waals surface area contributed by atoms with E-state index in [1.807, 2.05) is 13.8 Å². The van der Waals surface area contributed by atoms with E-state index < -0.39 is 5.60 Å². The summed E-state index contributed by atoms with van der Waals surface area (Å²) in [6.45, 7) is 3.90. The monoisotopic (exact) mass is 282 g/mol. The molecule has 0 saturated carbocycles. The number of thiophene rings is 1. The lowest BCUT2D eigenvalue weighted by Crippen LogP contribution is -2.22. The molecule has 3 rings (SSSR count). The Kier molecular flexibility index (Phi) is 2.84. The molecule has 0 amide bonds. The molecule has 18 heavy (non-hydrogen) atoms. The molecule has 0 aliphatic heterocycles. The minimum atomic E-state index is -0.508. The molecule has 2 aromatic rings. The van der Waals surface area contributed by atoms with Crippen LogP contribution in [0, 0.1) is 0 Å². The van der Waals surface area contributed by atoms with E-state index in [9.17, 15) is 0 Å². The summed E-state index contributed by atoms with van der Waals surface area (Å²) in [5, 5.41) is 1.63. The van der Waals surface area contributed by atoms with Gasteiger partial charge in [-0.1, -0.05) is 11.6 Å². The lowest BCUT2D eigenvalue weighted by molar-refractivity contribution is 0.0118. The topological polar surface area (TPSA) is 35.0 Å². The average Bonchev–Trinajstić information content (AvgIpc) is 2.87. The van der Waals surface area contributed by atoms with Gasteiger partial charge in [-0.25, -0.2) is 9.97 Å². The summed E-state index contributed by atoms with van der Waals surface area (Å²) in [7, 11) is 1.66. The summed E-state index contributed by atoms with van der Waals surface area (Å²) in [5.74, 6) is 0.655. The first-order valence-corrected chi connectivity index (χ1v) is 7.26. The predicted molar refractivity (Wildman–Crippen MR) is 74.5 cm³/mol. The third kappa shape index (κ3) is 1.75. The molecule has 1 aliphatic carbocycles. The number of fused-ring (bicyclic) bond motifs is 3. The first kappa shape index (κ1) is 12.3. The molecule has 0 N–H and O–H groups in total. The maximum absolute atomic E-state index is 6.35. The van der Waals surface area contributed by atoms with Crippen LogP contribution in [0.1, 0.15) is 36.5 Å². The fourth-order valence-electron chi connectivity index (χ4n) is 2.31. The Labute approximate surface area is 115 Å². The van der Waals surface area contributed by atoms with E-state index in [4.69, 9.17) is 16.3 Å². The molecule has 0 radical (unpaired) electrons. The van der Waals surface area contributed by atoms with Crippen molar-refractivity contribution < 1.29 is 4.74 Å². The van der Waals surface area contributed by atoms with Crippen molar-refractivity contribution >= 4 is 33.2 Å². The molecule has 0 fully saturated rings. The highest BCUT2D eigenvalue weighted by Crippen LogP contribution is 2.40. The highest BCUT2D eigenvalue weighted by Gasteiger charge is 2.27. The summed E-state index contributed by atoms with van der Waals surface area (Å²) >= 11 is 8.10. The number of halogens is 1. The highest BCUT2D eigenvalue weighted by molar-refractivity contribution is 7.19. The largest absolute Gasteiger partial charge is 0.371 e. The fourth-order valence-corrected chi connectivity index (χ4v) is 3.91. The molecule has 0 atom stereocenters. The van der Waals surface area contributed by atoms with Crippen LogP contribution in [0.2, 0.25) is 5.15 Å². The van der Waals surface area contributed by atoms with Crippen molar-refractivity contribution in [3.63, 3.8) is 0 Å². The van der Waals surface area contributed by atoms with Crippen molar-refractivity contribution in [2.24, 2.45) is 0 Å². The molecule has 1 aliphatic rings. The molecule has 2 aromatic heterocycles. The van der Waals surface area contributed by atoms with Gasteiger partial charge in [0.2, 0.25) is 0 Å². The lowest BCUT2D eigenvalue weighted by Gasteiger charge is -2.21. The normalized spacial score (nSPS) is 15.3. The van der Waals surface area contributed by atoms with Crippen molar-refractivity contribution in [3.8, 4) is 0 Å². The van der Waals surface area contributed by atoms with Crippen molar-refractivity contribution in [2.45, 2.75) is 38.7 Å². The van der Waals surface area contributed by atoms with Crippen molar-refractivity contribution in [1.82, 2.24) is 9.97 Å². The minimum Gasteiger partial charge on any atom is -0.371 e. The number of hydrogen-bond acceptors (Lipinski definition) is 4. The molecule has 0 saturated heterocycles. The van der Waals surface area contributed by atoms with Gasteiger partial charge in [-0.3, -0.25) is 0 Å². The van der Waals surface area contributed by atoms with E-state index in [0.717, 1.165) is 23.1 Å². The van der Waals surface area contributed by atoms with Gasteiger partial charge in [-0.2, -0.15) is 0 Å². The summed E-state index contributed by atoms with van der Waals surface area (Å²) < 4.78 is 5.43. The van der Waals surface area contributed by atoms with Crippen LogP contribution in [-0.4, -0.2) is 17.1 Å². The summed E-state index contributed by atoms with van der Waals surface area (Å²) in [5.41, 5.74) is 0.855. The van der Waals surface area contributed by atoms with Gasteiger partial charge in [0.1, 0.15) is 15.6 Å². The quantitative estimate of drug-likeness (QED) is 0.788. The molecule has 0 unspecified atom stereocenters. The maximum atomic E-state index is 6.35. The van der Waals surface area contributed by atoms with Crippen LogP contribution in [0.3, 0.4) is 0 Å². The van der Waals surface area contributed by atoms with Crippen LogP contribution in [0.25, 0.3) is 10.2 Å². The van der Waals surface area contributed by atoms with Crippen LogP contribution in [0.5, 0.6) is 0 Å². The SMILES string of the molecule is COC(C)(C)c1nc(Cl)c2c3c(sc2n1)CCC3. The molecular weight excluding hydrogens is 268 g/mol. The summed E-state index contributed by atoms with van der Waals surface area (Å²) in [4.78, 5) is 11.5. The van der Waals surface area contributed by atoms with Crippen LogP contribution in [0.4, 0.5) is 0 Å². The fraction of sp³-hybridized carbons (Fsp3) is 0.538. The molecule has 5 heteroatoms. The number of aryl methyl sites for hydroxylation is 2. The van der Waals surface area contributed by atoms with E-state index >= 15 is 0 Å². The van der Waals surface area contributed by atoms with Crippen molar-refractivity contribution in [3.05, 3.63) is 21.4 Å². The zero-order valence-corrected chi connectivity index (χ0v) is 12.3. The van der Waals surface area contributed by atoms with Gasteiger partial charge in [0.05, 0.1) is 5.39 Å². The first-order valence-electron chi connectivity index (χ1n) is 6.06. The number of nitrogens with zero attached hydrogens (tertiary/aromatic N) is 2. The Morgan fingerprint density at radius 3 is 2.78 bits per heavy atom. The van der Waals surface area contributed by atoms with Crippen LogP contribution >= 0.6 is 22.9 Å². The molecule has 3 nitrogen and oxygen atoms in total. The third-order valence-corrected chi connectivity index (χ3v) is 5.03. The van der Waals surface area contributed by atoms with Crippen molar-refractivity contribution in [2.75, 3.05) is 7.11 Å². The standard InChI is InChI=1S/C13H15ClN2OS/c1-13(2,17-3)12-15-10(14)9-7-5-4-6-8(7)18-11(9)16-12/h4-6H2,1-3H3. The number of methoxy groups -OCH3 is 1. The lowest BCUT2D eigenvalue weighted by atomic mass is 10.1. The Morgan fingerprint density at radius 1 is 1.28 bits per heavy atom. The second-order valence-corrected chi connectivity index (χ2v) is 6.53. The van der Waals surface area contributed by atoms with Crippen LogP contribution < -0.4 is 0 Å². The van der Waals surface area contributed by atoms with Crippen LogP contribution in [-0.2, 0) is 23.2 Å². The third-order valence-electron chi connectivity index (χ3n) is 3.57. The second kappa shape index (κ2) is 4.15. The number of rotatable bonds is 2. The van der Waals surface area contributed by atoms with Crippen LogP contribution in [0.15, 0.2) is 0 Å². The zero-order valence-electron chi connectivity index (χ0n) is 10.7. The Bertz CT molecular complexity index is 621. The van der Waals surface area contributed by atoms with Gasteiger partial charge < -0.3 is 4.74 Å². The number of aromatic nitrogens is 2. The Morgan fingerprint density at radius 2 is 2.06 bits per heavy atom. The summed E-state index contributed by atoms with van der Waals surface area (Å²) in [6, 6.07) is 0. The minimum absolute atomic E-state index is 0.508. The van der Waals surface area contributed by atoms with E-state index in [1.165, 1.54) is 16.9 Å².